The van der Waals surface area contributed by atoms with Gasteiger partial charge in [0.2, 0.25) is 0 Å². The first-order valence-electron chi connectivity index (χ1n) is 6.46. The first-order valence-corrected chi connectivity index (χ1v) is 6.46. The molecule has 1 N–H and O–H groups in total. The van der Waals surface area contributed by atoms with Gasteiger partial charge in [-0.2, -0.15) is 0 Å². The minimum Gasteiger partial charge on any atom is -0.488 e. The third kappa shape index (κ3) is 4.28. The van der Waals surface area contributed by atoms with Crippen molar-refractivity contribution in [1.29, 1.82) is 0 Å². The van der Waals surface area contributed by atoms with Crippen LogP contribution in [0.5, 0.6) is 5.75 Å². The van der Waals surface area contributed by atoms with Gasteiger partial charge in [0, 0.05) is 18.3 Å². The summed E-state index contributed by atoms with van der Waals surface area (Å²) in [5.41, 5.74) is 0.934. The van der Waals surface area contributed by atoms with Crippen molar-refractivity contribution < 1.29 is 4.74 Å². The van der Waals surface area contributed by atoms with Crippen LogP contribution in [0.2, 0.25) is 0 Å². The van der Waals surface area contributed by atoms with E-state index in [0.717, 1.165) is 17.1 Å². The summed E-state index contributed by atoms with van der Waals surface area (Å²) in [5, 5.41) is 3.30. The predicted molar refractivity (Wildman–Crippen MR) is 78.4 cm³/mol. The lowest BCUT2D eigenvalue weighted by Crippen LogP contribution is -2.23. The van der Waals surface area contributed by atoms with E-state index in [1.807, 2.05) is 36.4 Å². The number of benzene rings is 1. The van der Waals surface area contributed by atoms with E-state index in [-0.39, 0.29) is 5.60 Å². The zero-order chi connectivity index (χ0) is 13.7. The molecule has 1 aromatic heterocycles. The first kappa shape index (κ1) is 13.4. The van der Waals surface area contributed by atoms with Crippen molar-refractivity contribution in [3.05, 3.63) is 54.2 Å². The van der Waals surface area contributed by atoms with Gasteiger partial charge in [-0.25, -0.2) is 4.98 Å². The molecule has 2 rings (SSSR count). The Labute approximate surface area is 114 Å². The topological polar surface area (TPSA) is 34.1 Å². The smallest absolute Gasteiger partial charge is 0.126 e. The fourth-order valence-corrected chi connectivity index (χ4v) is 1.73. The monoisotopic (exact) mass is 256 g/mol. The summed E-state index contributed by atoms with van der Waals surface area (Å²) in [4.78, 5) is 4.25. The molecule has 2 aromatic rings. The van der Waals surface area contributed by atoms with Crippen molar-refractivity contribution >= 4 is 5.82 Å². The SMILES string of the molecule is CC(C)(C)Oc1ccccc1CNc1ccccn1. The molecule has 0 unspecified atom stereocenters. The number of ether oxygens (including phenoxy) is 1. The van der Waals surface area contributed by atoms with Crippen LogP contribution < -0.4 is 10.1 Å². The number of pyridine rings is 1. The first-order chi connectivity index (χ1) is 9.04. The van der Waals surface area contributed by atoms with Crippen molar-refractivity contribution in [1.82, 2.24) is 4.98 Å². The Morgan fingerprint density at radius 1 is 1.05 bits per heavy atom. The largest absolute Gasteiger partial charge is 0.488 e. The Kier molecular flexibility index (Phi) is 4.05. The van der Waals surface area contributed by atoms with Crippen LogP contribution in [0.25, 0.3) is 0 Å². The molecule has 0 atom stereocenters. The van der Waals surface area contributed by atoms with E-state index in [9.17, 15) is 0 Å². The molecule has 0 aliphatic rings. The maximum atomic E-state index is 5.96. The predicted octanol–water partition coefficient (Wildman–Crippen LogP) is 3.87. The normalized spacial score (nSPS) is 11.1. The molecule has 0 spiro atoms. The molecular weight excluding hydrogens is 236 g/mol. The van der Waals surface area contributed by atoms with Gasteiger partial charge in [0.05, 0.1) is 0 Å². The Bertz CT molecular complexity index is 518. The van der Waals surface area contributed by atoms with Crippen molar-refractivity contribution in [2.75, 3.05) is 5.32 Å². The van der Waals surface area contributed by atoms with E-state index < -0.39 is 0 Å². The van der Waals surface area contributed by atoms with Crippen LogP contribution in [0.15, 0.2) is 48.7 Å². The summed E-state index contributed by atoms with van der Waals surface area (Å²) >= 11 is 0. The summed E-state index contributed by atoms with van der Waals surface area (Å²) in [6.45, 7) is 6.85. The summed E-state index contributed by atoms with van der Waals surface area (Å²) in [6, 6.07) is 13.9. The van der Waals surface area contributed by atoms with Crippen LogP contribution in [0.4, 0.5) is 5.82 Å². The zero-order valence-electron chi connectivity index (χ0n) is 11.7. The quantitative estimate of drug-likeness (QED) is 0.901. The number of anilines is 1. The highest BCUT2D eigenvalue weighted by atomic mass is 16.5. The van der Waals surface area contributed by atoms with Gasteiger partial charge in [-0.3, -0.25) is 0 Å². The Morgan fingerprint density at radius 3 is 2.47 bits per heavy atom. The average Bonchev–Trinajstić information content (AvgIpc) is 2.37. The summed E-state index contributed by atoms with van der Waals surface area (Å²) in [7, 11) is 0. The second kappa shape index (κ2) is 5.74. The Balaban J connectivity index is 2.08. The van der Waals surface area contributed by atoms with E-state index in [4.69, 9.17) is 4.74 Å². The molecule has 0 aliphatic heterocycles. The molecule has 0 aliphatic carbocycles. The van der Waals surface area contributed by atoms with Crippen LogP contribution in [0.3, 0.4) is 0 Å². The molecule has 0 saturated carbocycles. The number of hydrogen-bond acceptors (Lipinski definition) is 3. The molecule has 100 valence electrons. The fourth-order valence-electron chi connectivity index (χ4n) is 1.73. The number of nitrogens with zero attached hydrogens (tertiary/aromatic N) is 1. The number of aromatic nitrogens is 1. The van der Waals surface area contributed by atoms with Gasteiger partial charge in [-0.15, -0.1) is 0 Å². The maximum Gasteiger partial charge on any atom is 0.126 e. The zero-order valence-corrected chi connectivity index (χ0v) is 11.7. The van der Waals surface area contributed by atoms with Crippen LogP contribution >= 0.6 is 0 Å². The van der Waals surface area contributed by atoms with Crippen LogP contribution in [0.1, 0.15) is 26.3 Å². The molecule has 0 saturated heterocycles. The minimum atomic E-state index is -0.193. The lowest BCUT2D eigenvalue weighted by Gasteiger charge is -2.23. The van der Waals surface area contributed by atoms with Crippen LogP contribution in [-0.4, -0.2) is 10.6 Å². The lowest BCUT2D eigenvalue weighted by molar-refractivity contribution is 0.129. The van der Waals surface area contributed by atoms with Crippen molar-refractivity contribution in [3.8, 4) is 5.75 Å². The highest BCUT2D eigenvalue weighted by Gasteiger charge is 2.14. The number of rotatable bonds is 4. The van der Waals surface area contributed by atoms with Gasteiger partial charge < -0.3 is 10.1 Å². The van der Waals surface area contributed by atoms with Crippen molar-refractivity contribution in [2.45, 2.75) is 32.9 Å². The third-order valence-corrected chi connectivity index (χ3v) is 2.51. The van der Waals surface area contributed by atoms with E-state index in [1.54, 1.807) is 6.20 Å². The summed E-state index contributed by atoms with van der Waals surface area (Å²) in [6.07, 6.45) is 1.78. The second-order valence-electron chi connectivity index (χ2n) is 5.39. The molecule has 3 nitrogen and oxygen atoms in total. The molecular formula is C16H20N2O. The third-order valence-electron chi connectivity index (χ3n) is 2.51. The average molecular weight is 256 g/mol. The molecule has 0 radical (unpaired) electrons. The van der Waals surface area contributed by atoms with Gasteiger partial charge in [-0.05, 0) is 39.0 Å². The summed E-state index contributed by atoms with van der Waals surface area (Å²) in [5.74, 6) is 1.78. The highest BCUT2D eigenvalue weighted by molar-refractivity contribution is 5.39. The molecule has 3 heteroatoms. The summed E-state index contributed by atoms with van der Waals surface area (Å²) < 4.78 is 5.96. The fraction of sp³-hybridized carbons (Fsp3) is 0.312. The van der Waals surface area contributed by atoms with Gasteiger partial charge in [0.25, 0.3) is 0 Å². The molecule has 0 fully saturated rings. The maximum absolute atomic E-state index is 5.96. The van der Waals surface area contributed by atoms with Crippen molar-refractivity contribution in [2.24, 2.45) is 0 Å². The van der Waals surface area contributed by atoms with Gasteiger partial charge >= 0.3 is 0 Å². The minimum absolute atomic E-state index is 0.193. The van der Waals surface area contributed by atoms with Gasteiger partial charge in [-0.1, -0.05) is 24.3 Å². The lowest BCUT2D eigenvalue weighted by atomic mass is 10.1. The number of para-hydroxylation sites is 1. The van der Waals surface area contributed by atoms with E-state index in [1.165, 1.54) is 0 Å². The van der Waals surface area contributed by atoms with Crippen LogP contribution in [0, 0.1) is 0 Å². The van der Waals surface area contributed by atoms with Gasteiger partial charge in [0.15, 0.2) is 0 Å². The number of nitrogens with one attached hydrogen (secondary N) is 1. The molecule has 0 bridgehead atoms. The molecule has 1 heterocycles. The number of hydrogen-bond donors (Lipinski definition) is 1. The van der Waals surface area contributed by atoms with E-state index in [2.05, 4.69) is 37.1 Å². The molecule has 0 amide bonds. The second-order valence-corrected chi connectivity index (χ2v) is 5.39. The van der Waals surface area contributed by atoms with Crippen molar-refractivity contribution in [3.63, 3.8) is 0 Å². The Morgan fingerprint density at radius 2 is 1.79 bits per heavy atom. The van der Waals surface area contributed by atoms with Gasteiger partial charge in [0.1, 0.15) is 17.2 Å². The van der Waals surface area contributed by atoms with Crippen LogP contribution in [-0.2, 0) is 6.54 Å². The van der Waals surface area contributed by atoms with E-state index >= 15 is 0 Å². The molecule has 1 aromatic carbocycles. The highest BCUT2D eigenvalue weighted by Crippen LogP contribution is 2.23. The molecule has 19 heavy (non-hydrogen) atoms. The Hall–Kier alpha value is -2.03. The standard InChI is InChI=1S/C16H20N2O/c1-16(2,3)19-14-9-5-4-8-13(14)12-18-15-10-6-7-11-17-15/h4-11H,12H2,1-3H3,(H,17,18). The van der Waals surface area contributed by atoms with E-state index in [0.29, 0.717) is 6.54 Å².